The second kappa shape index (κ2) is 6.19. The lowest BCUT2D eigenvalue weighted by Crippen LogP contribution is -2.48. The van der Waals surface area contributed by atoms with E-state index < -0.39 is 5.97 Å². The molecule has 1 aliphatic rings. The molecule has 0 aliphatic carbocycles. The van der Waals surface area contributed by atoms with Gasteiger partial charge in [-0.2, -0.15) is 0 Å². The summed E-state index contributed by atoms with van der Waals surface area (Å²) in [6.07, 6.45) is 0. The molecule has 1 aromatic carbocycles. The Labute approximate surface area is 111 Å². The number of nitrogens with one attached hydrogen (secondary N) is 2. The summed E-state index contributed by atoms with van der Waals surface area (Å²) in [5, 5.41) is 15.0. The molecular weight excluding hydrogens is 246 g/mol. The van der Waals surface area contributed by atoms with Crippen molar-refractivity contribution in [3.63, 3.8) is 0 Å². The third kappa shape index (κ3) is 3.69. The van der Waals surface area contributed by atoms with Gasteiger partial charge in [0.05, 0.1) is 12.1 Å². The largest absolute Gasteiger partial charge is 0.478 e. The molecular formula is C13H17N3O3. The molecule has 1 heterocycles. The van der Waals surface area contributed by atoms with E-state index in [0.717, 1.165) is 31.9 Å². The first-order valence-corrected chi connectivity index (χ1v) is 6.22. The molecule has 0 unspecified atom stereocenters. The third-order valence-corrected chi connectivity index (χ3v) is 3.05. The predicted molar refractivity (Wildman–Crippen MR) is 71.3 cm³/mol. The SMILES string of the molecule is O=C(O)c1ccc(NCC(=O)N2CCNCC2)cc1. The van der Waals surface area contributed by atoms with E-state index >= 15 is 0 Å². The van der Waals surface area contributed by atoms with Crippen molar-refractivity contribution in [2.24, 2.45) is 0 Å². The van der Waals surface area contributed by atoms with Crippen molar-refractivity contribution in [2.75, 3.05) is 38.0 Å². The fourth-order valence-electron chi connectivity index (χ4n) is 1.93. The monoisotopic (exact) mass is 263 g/mol. The van der Waals surface area contributed by atoms with Gasteiger partial charge in [0.1, 0.15) is 0 Å². The van der Waals surface area contributed by atoms with Crippen LogP contribution in [-0.4, -0.2) is 54.6 Å². The molecule has 6 heteroatoms. The molecule has 0 saturated carbocycles. The summed E-state index contributed by atoms with van der Waals surface area (Å²) in [5.41, 5.74) is 0.979. The van der Waals surface area contributed by atoms with Gasteiger partial charge in [-0.15, -0.1) is 0 Å². The number of hydrogen-bond donors (Lipinski definition) is 3. The van der Waals surface area contributed by atoms with Crippen LogP contribution in [0.25, 0.3) is 0 Å². The van der Waals surface area contributed by atoms with E-state index in [0.29, 0.717) is 0 Å². The van der Waals surface area contributed by atoms with Gasteiger partial charge in [-0.1, -0.05) is 0 Å². The van der Waals surface area contributed by atoms with Gasteiger partial charge < -0.3 is 20.6 Å². The second-order valence-electron chi connectivity index (χ2n) is 4.37. The van der Waals surface area contributed by atoms with Crippen LogP contribution in [0.2, 0.25) is 0 Å². The van der Waals surface area contributed by atoms with Crippen LogP contribution in [0.1, 0.15) is 10.4 Å². The minimum Gasteiger partial charge on any atom is -0.478 e. The molecule has 0 bridgehead atoms. The average Bonchev–Trinajstić information content (AvgIpc) is 2.46. The first kappa shape index (κ1) is 13.4. The number of carboxylic acid groups (broad SMARTS) is 1. The minimum absolute atomic E-state index is 0.0591. The molecule has 0 radical (unpaired) electrons. The molecule has 1 saturated heterocycles. The van der Waals surface area contributed by atoms with E-state index in [4.69, 9.17) is 5.11 Å². The Morgan fingerprint density at radius 2 is 1.84 bits per heavy atom. The summed E-state index contributed by atoms with van der Waals surface area (Å²) in [4.78, 5) is 24.4. The maximum absolute atomic E-state index is 11.9. The maximum Gasteiger partial charge on any atom is 0.335 e. The lowest BCUT2D eigenvalue weighted by atomic mass is 10.2. The number of hydrogen-bond acceptors (Lipinski definition) is 4. The normalized spacial score (nSPS) is 15.1. The highest BCUT2D eigenvalue weighted by molar-refractivity contribution is 5.88. The Balaban J connectivity index is 1.84. The quantitative estimate of drug-likeness (QED) is 0.724. The zero-order chi connectivity index (χ0) is 13.7. The van der Waals surface area contributed by atoms with E-state index in [-0.39, 0.29) is 18.0 Å². The van der Waals surface area contributed by atoms with Crippen LogP contribution in [0, 0.1) is 0 Å². The molecule has 1 aliphatic heterocycles. The average molecular weight is 263 g/mol. The number of carboxylic acids is 1. The van der Waals surface area contributed by atoms with E-state index in [2.05, 4.69) is 10.6 Å². The molecule has 2 rings (SSSR count). The summed E-state index contributed by atoms with van der Waals surface area (Å²) in [6, 6.07) is 6.35. The number of carbonyl (C=O) groups is 2. The smallest absolute Gasteiger partial charge is 0.335 e. The van der Waals surface area contributed by atoms with Crippen molar-refractivity contribution in [3.8, 4) is 0 Å². The highest BCUT2D eigenvalue weighted by Gasteiger charge is 2.15. The Hall–Kier alpha value is -2.08. The highest BCUT2D eigenvalue weighted by atomic mass is 16.4. The number of piperazine rings is 1. The van der Waals surface area contributed by atoms with Gasteiger partial charge in [-0.05, 0) is 24.3 Å². The van der Waals surface area contributed by atoms with Gasteiger partial charge >= 0.3 is 5.97 Å². The van der Waals surface area contributed by atoms with E-state index in [1.165, 1.54) is 12.1 Å². The van der Waals surface area contributed by atoms with Gasteiger partial charge in [-0.25, -0.2) is 4.79 Å². The number of carbonyl (C=O) groups excluding carboxylic acids is 1. The van der Waals surface area contributed by atoms with Crippen LogP contribution < -0.4 is 10.6 Å². The van der Waals surface area contributed by atoms with Crippen molar-refractivity contribution in [1.29, 1.82) is 0 Å². The number of aromatic carboxylic acids is 1. The number of rotatable bonds is 4. The van der Waals surface area contributed by atoms with Crippen LogP contribution in [0.5, 0.6) is 0 Å². The Bertz CT molecular complexity index is 453. The van der Waals surface area contributed by atoms with Crippen LogP contribution in [0.3, 0.4) is 0 Å². The van der Waals surface area contributed by atoms with E-state index in [9.17, 15) is 9.59 Å². The van der Waals surface area contributed by atoms with Crippen LogP contribution >= 0.6 is 0 Å². The Morgan fingerprint density at radius 1 is 1.21 bits per heavy atom. The van der Waals surface area contributed by atoms with Gasteiger partial charge in [0.2, 0.25) is 5.91 Å². The third-order valence-electron chi connectivity index (χ3n) is 3.05. The van der Waals surface area contributed by atoms with E-state index in [1.807, 2.05) is 4.90 Å². The lowest BCUT2D eigenvalue weighted by molar-refractivity contribution is -0.129. The van der Waals surface area contributed by atoms with Gasteiger partial charge in [-0.3, -0.25) is 4.79 Å². The zero-order valence-electron chi connectivity index (χ0n) is 10.6. The standard InChI is InChI=1S/C13H17N3O3/c17-12(16-7-5-14-6-8-16)9-15-11-3-1-10(2-4-11)13(18)19/h1-4,14-15H,5-9H2,(H,18,19). The van der Waals surface area contributed by atoms with Gasteiger partial charge in [0.15, 0.2) is 0 Å². The Kier molecular flexibility index (Phi) is 4.35. The van der Waals surface area contributed by atoms with E-state index in [1.54, 1.807) is 12.1 Å². The van der Waals surface area contributed by atoms with Gasteiger partial charge in [0.25, 0.3) is 0 Å². The molecule has 0 atom stereocenters. The summed E-state index contributed by atoms with van der Waals surface area (Å²) >= 11 is 0. The molecule has 0 spiro atoms. The highest BCUT2D eigenvalue weighted by Crippen LogP contribution is 2.09. The van der Waals surface area contributed by atoms with Crippen molar-refractivity contribution in [3.05, 3.63) is 29.8 Å². The zero-order valence-corrected chi connectivity index (χ0v) is 10.6. The molecule has 1 amide bonds. The number of amides is 1. The topological polar surface area (TPSA) is 81.7 Å². The number of nitrogens with zero attached hydrogens (tertiary/aromatic N) is 1. The summed E-state index contributed by atoms with van der Waals surface area (Å²) < 4.78 is 0. The molecule has 1 aromatic rings. The molecule has 6 nitrogen and oxygen atoms in total. The van der Waals surface area contributed by atoms with Crippen molar-refractivity contribution < 1.29 is 14.7 Å². The first-order chi connectivity index (χ1) is 9.16. The fraction of sp³-hybridized carbons (Fsp3) is 0.385. The maximum atomic E-state index is 11.9. The minimum atomic E-state index is -0.955. The van der Waals surface area contributed by atoms with Crippen molar-refractivity contribution in [1.82, 2.24) is 10.2 Å². The van der Waals surface area contributed by atoms with Crippen LogP contribution in [0.4, 0.5) is 5.69 Å². The molecule has 102 valence electrons. The summed E-state index contributed by atoms with van der Waals surface area (Å²) in [6.45, 7) is 3.36. The molecule has 3 N–H and O–H groups in total. The van der Waals surface area contributed by atoms with Crippen molar-refractivity contribution in [2.45, 2.75) is 0 Å². The molecule has 19 heavy (non-hydrogen) atoms. The van der Waals surface area contributed by atoms with Crippen molar-refractivity contribution >= 4 is 17.6 Å². The summed E-state index contributed by atoms with van der Waals surface area (Å²) in [7, 11) is 0. The predicted octanol–water partition coefficient (Wildman–Crippen LogP) is 0.228. The van der Waals surface area contributed by atoms with Gasteiger partial charge in [0, 0.05) is 31.9 Å². The van der Waals surface area contributed by atoms with Crippen LogP contribution in [0.15, 0.2) is 24.3 Å². The van der Waals surface area contributed by atoms with Crippen LogP contribution in [-0.2, 0) is 4.79 Å². The number of anilines is 1. The Morgan fingerprint density at radius 3 is 2.42 bits per heavy atom. The summed E-state index contributed by atoms with van der Waals surface area (Å²) in [5.74, 6) is -0.896. The second-order valence-corrected chi connectivity index (χ2v) is 4.37. The lowest BCUT2D eigenvalue weighted by Gasteiger charge is -2.27. The molecule has 1 fully saturated rings. The fourth-order valence-corrected chi connectivity index (χ4v) is 1.93. The first-order valence-electron chi connectivity index (χ1n) is 6.22. The number of benzene rings is 1. The molecule has 0 aromatic heterocycles.